The van der Waals surface area contributed by atoms with Crippen LogP contribution in [-0.4, -0.2) is 67.9 Å². The summed E-state index contributed by atoms with van der Waals surface area (Å²) in [5.74, 6) is 0.156. The van der Waals surface area contributed by atoms with Crippen molar-refractivity contribution in [3.05, 3.63) is 29.8 Å². The summed E-state index contributed by atoms with van der Waals surface area (Å²) in [4.78, 5) is 28.8. The first kappa shape index (κ1) is 22.7. The highest BCUT2D eigenvalue weighted by Crippen LogP contribution is 2.16. The minimum absolute atomic E-state index is 0. The van der Waals surface area contributed by atoms with E-state index in [9.17, 15) is 9.59 Å². The molecule has 2 aliphatic heterocycles. The first-order valence-corrected chi connectivity index (χ1v) is 8.73. The molecule has 0 spiro atoms. The SMILES string of the molecule is CN1CCN(C(=O)c2ccc(NC(=O)C3CCCNC3)cc2)CC1.Cl.Cl. The third kappa shape index (κ3) is 5.84. The maximum Gasteiger partial charge on any atom is 0.253 e. The largest absolute Gasteiger partial charge is 0.336 e. The summed E-state index contributed by atoms with van der Waals surface area (Å²) in [5, 5.41) is 6.20. The van der Waals surface area contributed by atoms with E-state index in [2.05, 4.69) is 22.6 Å². The molecule has 1 atom stereocenters. The molecule has 2 N–H and O–H groups in total. The van der Waals surface area contributed by atoms with E-state index in [0.29, 0.717) is 5.56 Å². The number of anilines is 1. The van der Waals surface area contributed by atoms with Gasteiger partial charge in [0, 0.05) is 44.0 Å². The van der Waals surface area contributed by atoms with Crippen LogP contribution in [0.1, 0.15) is 23.2 Å². The van der Waals surface area contributed by atoms with Crippen LogP contribution >= 0.6 is 24.8 Å². The number of likely N-dealkylation sites (N-methyl/N-ethyl adjacent to an activating group) is 1. The van der Waals surface area contributed by atoms with Crippen molar-refractivity contribution in [3.8, 4) is 0 Å². The summed E-state index contributed by atoms with van der Waals surface area (Å²) in [5.41, 5.74) is 1.43. The second kappa shape index (κ2) is 10.7. The molecule has 2 amide bonds. The van der Waals surface area contributed by atoms with Crippen LogP contribution in [0.2, 0.25) is 0 Å². The summed E-state index contributed by atoms with van der Waals surface area (Å²) in [6.45, 7) is 5.09. The van der Waals surface area contributed by atoms with Crippen LogP contribution in [0.25, 0.3) is 0 Å². The summed E-state index contributed by atoms with van der Waals surface area (Å²) < 4.78 is 0. The third-order valence-electron chi connectivity index (χ3n) is 4.86. The Bertz CT molecular complexity index is 583. The van der Waals surface area contributed by atoms with Gasteiger partial charge in [-0.3, -0.25) is 9.59 Å². The van der Waals surface area contributed by atoms with E-state index in [1.807, 2.05) is 17.0 Å². The van der Waals surface area contributed by atoms with Crippen LogP contribution in [0.15, 0.2) is 24.3 Å². The van der Waals surface area contributed by atoms with Gasteiger partial charge in [0.15, 0.2) is 0 Å². The number of rotatable bonds is 3. The van der Waals surface area contributed by atoms with E-state index >= 15 is 0 Å². The zero-order valence-electron chi connectivity index (χ0n) is 15.1. The number of halogens is 2. The Hall–Kier alpha value is -1.34. The lowest BCUT2D eigenvalue weighted by Gasteiger charge is -2.32. The fraction of sp³-hybridized carbons (Fsp3) is 0.556. The number of hydrogen-bond donors (Lipinski definition) is 2. The molecule has 2 fully saturated rings. The number of carbonyl (C=O) groups is 2. The van der Waals surface area contributed by atoms with E-state index in [4.69, 9.17) is 0 Å². The molecule has 146 valence electrons. The zero-order valence-corrected chi connectivity index (χ0v) is 16.7. The van der Waals surface area contributed by atoms with E-state index < -0.39 is 0 Å². The number of amides is 2. The van der Waals surface area contributed by atoms with Crippen molar-refractivity contribution in [2.75, 3.05) is 51.6 Å². The summed E-state index contributed by atoms with van der Waals surface area (Å²) in [7, 11) is 2.07. The van der Waals surface area contributed by atoms with Crippen LogP contribution < -0.4 is 10.6 Å². The highest BCUT2D eigenvalue weighted by Gasteiger charge is 2.22. The van der Waals surface area contributed by atoms with E-state index in [1.165, 1.54) is 0 Å². The van der Waals surface area contributed by atoms with Gasteiger partial charge in [0.05, 0.1) is 5.92 Å². The third-order valence-corrected chi connectivity index (χ3v) is 4.86. The van der Waals surface area contributed by atoms with Gasteiger partial charge in [-0.1, -0.05) is 0 Å². The molecular formula is C18H28Cl2N4O2. The van der Waals surface area contributed by atoms with Gasteiger partial charge >= 0.3 is 0 Å². The topological polar surface area (TPSA) is 64.7 Å². The molecule has 2 saturated heterocycles. The Balaban J connectivity index is 0.00000169. The highest BCUT2D eigenvalue weighted by molar-refractivity contribution is 5.96. The van der Waals surface area contributed by atoms with Gasteiger partial charge in [0.1, 0.15) is 0 Å². The van der Waals surface area contributed by atoms with Crippen LogP contribution in [0, 0.1) is 5.92 Å². The second-order valence-corrected chi connectivity index (χ2v) is 6.71. The van der Waals surface area contributed by atoms with Gasteiger partial charge < -0.3 is 20.4 Å². The molecule has 2 heterocycles. The lowest BCUT2D eigenvalue weighted by Crippen LogP contribution is -2.47. The van der Waals surface area contributed by atoms with E-state index in [0.717, 1.165) is 57.8 Å². The Labute approximate surface area is 167 Å². The monoisotopic (exact) mass is 402 g/mol. The second-order valence-electron chi connectivity index (χ2n) is 6.71. The van der Waals surface area contributed by atoms with Crippen LogP contribution in [0.3, 0.4) is 0 Å². The van der Waals surface area contributed by atoms with Crippen LogP contribution in [0.4, 0.5) is 5.69 Å². The molecule has 0 bridgehead atoms. The number of benzene rings is 1. The Kier molecular flexibility index (Phi) is 9.36. The molecule has 1 aromatic rings. The predicted molar refractivity (Wildman–Crippen MR) is 109 cm³/mol. The summed E-state index contributed by atoms with van der Waals surface area (Å²) >= 11 is 0. The first-order valence-electron chi connectivity index (χ1n) is 8.73. The number of nitrogens with zero attached hydrogens (tertiary/aromatic N) is 2. The Morgan fingerprint density at radius 3 is 2.31 bits per heavy atom. The van der Waals surface area contributed by atoms with Gasteiger partial charge in [0.2, 0.25) is 5.91 Å². The van der Waals surface area contributed by atoms with Gasteiger partial charge in [-0.05, 0) is 50.7 Å². The number of nitrogens with one attached hydrogen (secondary N) is 2. The maximum absolute atomic E-state index is 12.5. The Morgan fingerprint density at radius 1 is 1.08 bits per heavy atom. The lowest BCUT2D eigenvalue weighted by atomic mass is 9.99. The average molecular weight is 403 g/mol. The van der Waals surface area contributed by atoms with Crippen LogP contribution in [-0.2, 0) is 4.79 Å². The van der Waals surface area contributed by atoms with Crippen LogP contribution in [0.5, 0.6) is 0 Å². The fourth-order valence-corrected chi connectivity index (χ4v) is 3.21. The molecule has 1 aromatic carbocycles. The van der Waals surface area contributed by atoms with E-state index in [1.54, 1.807) is 12.1 Å². The number of carbonyl (C=O) groups excluding carboxylic acids is 2. The normalized spacial score (nSPS) is 20.5. The first-order chi connectivity index (χ1) is 11.6. The van der Waals surface area contributed by atoms with Crippen molar-refractivity contribution in [1.82, 2.24) is 15.1 Å². The Morgan fingerprint density at radius 2 is 1.73 bits per heavy atom. The van der Waals surface area contributed by atoms with E-state index in [-0.39, 0.29) is 42.5 Å². The lowest BCUT2D eigenvalue weighted by molar-refractivity contribution is -0.120. The van der Waals surface area contributed by atoms with Crippen molar-refractivity contribution in [2.45, 2.75) is 12.8 Å². The quantitative estimate of drug-likeness (QED) is 0.809. The van der Waals surface area contributed by atoms with Gasteiger partial charge in [-0.2, -0.15) is 0 Å². The van der Waals surface area contributed by atoms with Gasteiger partial charge in [0.25, 0.3) is 5.91 Å². The molecule has 8 heteroatoms. The van der Waals surface area contributed by atoms with Gasteiger partial charge in [-0.25, -0.2) is 0 Å². The molecule has 3 rings (SSSR count). The minimum Gasteiger partial charge on any atom is -0.336 e. The standard InChI is InChI=1S/C18H26N4O2.2ClH/c1-21-9-11-22(12-10-21)18(24)14-4-6-16(7-5-14)20-17(23)15-3-2-8-19-13-15;;/h4-7,15,19H,2-3,8-13H2,1H3,(H,20,23);2*1H. The van der Waals surface area contributed by atoms with Crippen molar-refractivity contribution in [1.29, 1.82) is 0 Å². The number of piperidine rings is 1. The molecule has 0 radical (unpaired) electrons. The minimum atomic E-state index is 0. The summed E-state index contributed by atoms with van der Waals surface area (Å²) in [6, 6.07) is 7.24. The van der Waals surface area contributed by atoms with Crippen molar-refractivity contribution >= 4 is 42.3 Å². The number of piperazine rings is 1. The highest BCUT2D eigenvalue weighted by atomic mass is 35.5. The van der Waals surface area contributed by atoms with Gasteiger partial charge in [-0.15, -0.1) is 24.8 Å². The predicted octanol–water partition coefficient (Wildman–Crippen LogP) is 1.86. The molecule has 6 nitrogen and oxygen atoms in total. The molecule has 0 saturated carbocycles. The molecule has 26 heavy (non-hydrogen) atoms. The number of hydrogen-bond acceptors (Lipinski definition) is 4. The molecular weight excluding hydrogens is 375 g/mol. The van der Waals surface area contributed by atoms with Crippen molar-refractivity contribution in [3.63, 3.8) is 0 Å². The maximum atomic E-state index is 12.5. The smallest absolute Gasteiger partial charge is 0.253 e. The zero-order chi connectivity index (χ0) is 16.9. The van der Waals surface area contributed by atoms with Crippen molar-refractivity contribution in [2.24, 2.45) is 5.92 Å². The summed E-state index contributed by atoms with van der Waals surface area (Å²) in [6.07, 6.45) is 1.97. The average Bonchev–Trinajstić information content (AvgIpc) is 2.63. The molecule has 2 aliphatic rings. The fourth-order valence-electron chi connectivity index (χ4n) is 3.21. The molecule has 0 aliphatic carbocycles. The molecule has 1 unspecified atom stereocenters. The molecule has 0 aromatic heterocycles. The van der Waals surface area contributed by atoms with Crippen molar-refractivity contribution < 1.29 is 9.59 Å².